The molecule has 0 bridgehead atoms. The minimum Gasteiger partial charge on any atom is -0.490 e. The quantitative estimate of drug-likeness (QED) is 0.743. The molecule has 0 radical (unpaired) electrons. The SMILES string of the molecule is O=C(CCC(=O)N1CCOc2ccccc21)N1CCCN(CC2CCCCC2)CC1. The van der Waals surface area contributed by atoms with Crippen molar-refractivity contribution in [2.75, 3.05) is 50.8 Å². The maximum absolute atomic E-state index is 12.8. The van der Waals surface area contributed by atoms with Gasteiger partial charge in [0.05, 0.1) is 12.2 Å². The van der Waals surface area contributed by atoms with Crippen LogP contribution in [0, 0.1) is 5.92 Å². The first-order chi connectivity index (χ1) is 14.7. The van der Waals surface area contributed by atoms with Gasteiger partial charge in [-0.1, -0.05) is 31.4 Å². The van der Waals surface area contributed by atoms with Crippen LogP contribution >= 0.6 is 0 Å². The zero-order chi connectivity index (χ0) is 20.8. The Bertz CT molecular complexity index is 732. The molecule has 6 nitrogen and oxygen atoms in total. The molecule has 6 heteroatoms. The predicted molar refractivity (Wildman–Crippen MR) is 118 cm³/mol. The number of hydrogen-bond donors (Lipinski definition) is 0. The zero-order valence-electron chi connectivity index (χ0n) is 18.1. The Hall–Kier alpha value is -2.08. The molecule has 0 atom stereocenters. The number of nitrogens with zero attached hydrogens (tertiary/aromatic N) is 3. The maximum atomic E-state index is 12.8. The van der Waals surface area contributed by atoms with E-state index in [1.54, 1.807) is 4.90 Å². The van der Waals surface area contributed by atoms with Gasteiger partial charge in [0.25, 0.3) is 0 Å². The van der Waals surface area contributed by atoms with Gasteiger partial charge in [-0.3, -0.25) is 9.59 Å². The Morgan fingerprint density at radius 2 is 1.67 bits per heavy atom. The van der Waals surface area contributed by atoms with Crippen LogP contribution < -0.4 is 9.64 Å². The van der Waals surface area contributed by atoms with Gasteiger partial charge in [0.15, 0.2) is 0 Å². The Labute approximate surface area is 180 Å². The molecule has 1 saturated heterocycles. The van der Waals surface area contributed by atoms with Crippen molar-refractivity contribution >= 4 is 17.5 Å². The number of amides is 2. The smallest absolute Gasteiger partial charge is 0.227 e. The largest absolute Gasteiger partial charge is 0.490 e. The maximum Gasteiger partial charge on any atom is 0.227 e. The van der Waals surface area contributed by atoms with Crippen LogP contribution in [0.5, 0.6) is 5.75 Å². The van der Waals surface area contributed by atoms with Gasteiger partial charge in [-0.2, -0.15) is 0 Å². The molecule has 0 aromatic heterocycles. The Balaban J connectivity index is 1.24. The number of anilines is 1. The van der Waals surface area contributed by atoms with Crippen molar-refractivity contribution < 1.29 is 14.3 Å². The first-order valence-electron chi connectivity index (χ1n) is 11.7. The molecular weight excluding hydrogens is 378 g/mol. The molecule has 1 aliphatic carbocycles. The van der Waals surface area contributed by atoms with Gasteiger partial charge in [-0.25, -0.2) is 0 Å². The molecule has 0 unspecified atom stereocenters. The van der Waals surface area contributed by atoms with E-state index in [1.165, 1.54) is 38.6 Å². The van der Waals surface area contributed by atoms with E-state index in [-0.39, 0.29) is 18.2 Å². The van der Waals surface area contributed by atoms with Gasteiger partial charge in [0.2, 0.25) is 11.8 Å². The Morgan fingerprint density at radius 1 is 0.867 bits per heavy atom. The van der Waals surface area contributed by atoms with E-state index in [1.807, 2.05) is 29.2 Å². The minimum atomic E-state index is 0.00727. The van der Waals surface area contributed by atoms with Crippen molar-refractivity contribution in [1.82, 2.24) is 9.80 Å². The summed E-state index contributed by atoms with van der Waals surface area (Å²) in [4.78, 5) is 31.9. The average Bonchev–Trinajstić information content (AvgIpc) is 3.03. The first kappa shape index (κ1) is 21.2. The molecule has 1 aromatic carbocycles. The van der Waals surface area contributed by atoms with Crippen LogP contribution in [-0.2, 0) is 9.59 Å². The predicted octanol–water partition coefficient (Wildman–Crippen LogP) is 3.31. The fourth-order valence-corrected chi connectivity index (χ4v) is 5.07. The van der Waals surface area contributed by atoms with E-state index >= 15 is 0 Å². The van der Waals surface area contributed by atoms with E-state index in [2.05, 4.69) is 4.90 Å². The standard InChI is InChI=1S/C24H35N3O3/c28-23(11-12-24(29)27-17-18-30-22-10-5-4-9-21(22)27)26-14-6-13-25(15-16-26)19-20-7-2-1-3-8-20/h4-5,9-10,20H,1-3,6-8,11-19H2. The van der Waals surface area contributed by atoms with Crippen LogP contribution in [0.4, 0.5) is 5.69 Å². The number of rotatable bonds is 5. The van der Waals surface area contributed by atoms with E-state index < -0.39 is 0 Å². The summed E-state index contributed by atoms with van der Waals surface area (Å²) in [7, 11) is 0. The van der Waals surface area contributed by atoms with Crippen LogP contribution in [-0.4, -0.2) is 67.5 Å². The second-order valence-electron chi connectivity index (χ2n) is 8.90. The highest BCUT2D eigenvalue weighted by Gasteiger charge is 2.26. The molecule has 2 heterocycles. The number of carbonyl (C=O) groups excluding carboxylic acids is 2. The lowest BCUT2D eigenvalue weighted by Crippen LogP contribution is -2.39. The van der Waals surface area contributed by atoms with E-state index in [9.17, 15) is 9.59 Å². The van der Waals surface area contributed by atoms with Gasteiger partial charge in [0.1, 0.15) is 12.4 Å². The lowest BCUT2D eigenvalue weighted by Gasteiger charge is -2.30. The highest BCUT2D eigenvalue weighted by molar-refractivity contribution is 5.97. The van der Waals surface area contributed by atoms with Gasteiger partial charge in [0, 0.05) is 39.0 Å². The van der Waals surface area contributed by atoms with Crippen LogP contribution in [0.3, 0.4) is 0 Å². The van der Waals surface area contributed by atoms with Crippen LogP contribution in [0.1, 0.15) is 51.4 Å². The monoisotopic (exact) mass is 413 g/mol. The molecular formula is C24H35N3O3. The normalized spacial score (nSPS) is 20.9. The van der Waals surface area contributed by atoms with Crippen molar-refractivity contribution in [3.63, 3.8) is 0 Å². The lowest BCUT2D eigenvalue weighted by atomic mass is 9.89. The number of fused-ring (bicyclic) bond motifs is 1. The van der Waals surface area contributed by atoms with Gasteiger partial charge in [-0.05, 0) is 43.9 Å². The molecule has 164 valence electrons. The number of hydrogen-bond acceptors (Lipinski definition) is 4. The summed E-state index contributed by atoms with van der Waals surface area (Å²) in [6, 6.07) is 7.61. The van der Waals surface area contributed by atoms with Crippen molar-refractivity contribution in [1.29, 1.82) is 0 Å². The number of ether oxygens (including phenoxy) is 1. The lowest BCUT2D eigenvalue weighted by molar-refractivity contribution is -0.133. The third-order valence-corrected chi connectivity index (χ3v) is 6.76. The first-order valence-corrected chi connectivity index (χ1v) is 11.7. The summed E-state index contributed by atoms with van der Waals surface area (Å²) in [5.74, 6) is 1.71. The number of carbonyl (C=O) groups is 2. The highest BCUT2D eigenvalue weighted by Crippen LogP contribution is 2.31. The highest BCUT2D eigenvalue weighted by atomic mass is 16.5. The summed E-state index contributed by atoms with van der Waals surface area (Å²) >= 11 is 0. The molecule has 2 aliphatic heterocycles. The van der Waals surface area contributed by atoms with Crippen molar-refractivity contribution in [2.24, 2.45) is 5.92 Å². The topological polar surface area (TPSA) is 53.1 Å². The molecule has 2 fully saturated rings. The average molecular weight is 414 g/mol. The summed E-state index contributed by atoms with van der Waals surface area (Å²) in [6.45, 7) is 5.89. The molecule has 4 rings (SSSR count). The Kier molecular flexibility index (Phi) is 7.26. The second kappa shape index (κ2) is 10.3. The van der Waals surface area contributed by atoms with Crippen LogP contribution in [0.25, 0.3) is 0 Å². The van der Waals surface area contributed by atoms with Gasteiger partial charge >= 0.3 is 0 Å². The Morgan fingerprint density at radius 3 is 2.53 bits per heavy atom. The molecule has 0 spiro atoms. The van der Waals surface area contributed by atoms with Gasteiger partial charge < -0.3 is 19.4 Å². The van der Waals surface area contributed by atoms with Crippen LogP contribution in [0.15, 0.2) is 24.3 Å². The fourth-order valence-electron chi connectivity index (χ4n) is 5.07. The molecule has 30 heavy (non-hydrogen) atoms. The van der Waals surface area contributed by atoms with E-state index in [4.69, 9.17) is 4.74 Å². The molecule has 2 amide bonds. The van der Waals surface area contributed by atoms with Crippen molar-refractivity contribution in [3.8, 4) is 5.75 Å². The third kappa shape index (κ3) is 5.34. The van der Waals surface area contributed by atoms with Gasteiger partial charge in [-0.15, -0.1) is 0 Å². The number of para-hydroxylation sites is 2. The molecule has 0 N–H and O–H groups in total. The molecule has 1 aromatic rings. The summed E-state index contributed by atoms with van der Waals surface area (Å²) in [5, 5.41) is 0. The fraction of sp³-hybridized carbons (Fsp3) is 0.667. The summed E-state index contributed by atoms with van der Waals surface area (Å²) in [5.41, 5.74) is 0.814. The van der Waals surface area contributed by atoms with Crippen LogP contribution in [0.2, 0.25) is 0 Å². The summed E-state index contributed by atoms with van der Waals surface area (Å²) < 4.78 is 5.63. The third-order valence-electron chi connectivity index (χ3n) is 6.76. The number of benzene rings is 1. The minimum absolute atomic E-state index is 0.00727. The molecule has 1 saturated carbocycles. The summed E-state index contributed by atoms with van der Waals surface area (Å²) in [6.07, 6.45) is 8.47. The van der Waals surface area contributed by atoms with Crippen molar-refractivity contribution in [3.05, 3.63) is 24.3 Å². The zero-order valence-corrected chi connectivity index (χ0v) is 18.1. The second-order valence-corrected chi connectivity index (χ2v) is 8.90. The van der Waals surface area contributed by atoms with E-state index in [0.717, 1.165) is 50.0 Å². The van der Waals surface area contributed by atoms with Crippen molar-refractivity contribution in [2.45, 2.75) is 51.4 Å². The van der Waals surface area contributed by atoms with E-state index in [0.29, 0.717) is 19.6 Å². The molecule has 3 aliphatic rings.